The molecule has 1 aromatic carbocycles. The summed E-state index contributed by atoms with van der Waals surface area (Å²) in [7, 11) is 0. The number of anilines is 1. The quantitative estimate of drug-likeness (QED) is 0.792. The summed E-state index contributed by atoms with van der Waals surface area (Å²) < 4.78 is 5.39. The van der Waals surface area contributed by atoms with Crippen molar-refractivity contribution >= 4 is 16.6 Å². The Morgan fingerprint density at radius 2 is 2.06 bits per heavy atom. The van der Waals surface area contributed by atoms with Crippen LogP contribution in [0.15, 0.2) is 24.3 Å². The first-order valence-corrected chi connectivity index (χ1v) is 5.75. The van der Waals surface area contributed by atoms with Gasteiger partial charge in [0.2, 0.25) is 0 Å². The number of rotatable bonds is 1. The Balaban J connectivity index is 2.07. The highest BCUT2D eigenvalue weighted by atomic mass is 16.5. The highest BCUT2D eigenvalue weighted by molar-refractivity contribution is 5.92. The molecule has 16 heavy (non-hydrogen) atoms. The van der Waals surface area contributed by atoms with E-state index in [-0.39, 0.29) is 0 Å². The van der Waals surface area contributed by atoms with Gasteiger partial charge in [-0.25, -0.2) is 0 Å². The molecule has 3 heteroatoms. The van der Waals surface area contributed by atoms with E-state index in [0.29, 0.717) is 0 Å². The molecule has 0 atom stereocenters. The molecule has 0 bridgehead atoms. The molecule has 1 N–H and O–H groups in total. The molecule has 3 nitrogen and oxygen atoms in total. The van der Waals surface area contributed by atoms with Crippen molar-refractivity contribution in [3.63, 3.8) is 0 Å². The van der Waals surface area contributed by atoms with Crippen molar-refractivity contribution in [2.45, 2.75) is 6.92 Å². The summed E-state index contributed by atoms with van der Waals surface area (Å²) in [6, 6.07) is 8.66. The van der Waals surface area contributed by atoms with Crippen LogP contribution in [0.3, 0.4) is 0 Å². The van der Waals surface area contributed by atoms with Crippen molar-refractivity contribution in [1.82, 2.24) is 4.98 Å². The summed E-state index contributed by atoms with van der Waals surface area (Å²) in [5, 5.41) is 1.29. The minimum absolute atomic E-state index is 0.829. The van der Waals surface area contributed by atoms with Crippen molar-refractivity contribution in [2.75, 3.05) is 31.2 Å². The SMILES string of the molecule is Cc1cc2cccc(N3CCOCC3)c2[nH]1. The number of hydrogen-bond donors (Lipinski definition) is 1. The number of para-hydroxylation sites is 1. The van der Waals surface area contributed by atoms with Gasteiger partial charge in [0.15, 0.2) is 0 Å². The third kappa shape index (κ3) is 1.57. The van der Waals surface area contributed by atoms with Crippen LogP contribution in [0.1, 0.15) is 5.69 Å². The normalized spacial score (nSPS) is 16.9. The molecule has 2 aromatic rings. The van der Waals surface area contributed by atoms with Gasteiger partial charge in [0.1, 0.15) is 0 Å². The average molecular weight is 216 g/mol. The van der Waals surface area contributed by atoms with E-state index in [0.717, 1.165) is 26.3 Å². The van der Waals surface area contributed by atoms with Gasteiger partial charge in [-0.3, -0.25) is 0 Å². The van der Waals surface area contributed by atoms with Crippen LogP contribution in [-0.4, -0.2) is 31.3 Å². The first-order chi connectivity index (χ1) is 7.84. The first kappa shape index (κ1) is 9.73. The maximum absolute atomic E-state index is 5.39. The van der Waals surface area contributed by atoms with Gasteiger partial charge in [0.25, 0.3) is 0 Å². The number of aromatic nitrogens is 1. The van der Waals surface area contributed by atoms with Crippen LogP contribution in [-0.2, 0) is 4.74 Å². The lowest BCUT2D eigenvalue weighted by Gasteiger charge is -2.29. The van der Waals surface area contributed by atoms with Crippen molar-refractivity contribution < 1.29 is 4.74 Å². The molecule has 0 saturated carbocycles. The van der Waals surface area contributed by atoms with Gasteiger partial charge >= 0.3 is 0 Å². The Bertz CT molecular complexity index is 498. The third-order valence-corrected chi connectivity index (χ3v) is 3.12. The molecule has 0 amide bonds. The number of aromatic amines is 1. The molecular formula is C13H16N2O. The maximum atomic E-state index is 5.39. The standard InChI is InChI=1S/C13H16N2O/c1-10-9-11-3-2-4-12(13(11)14-10)15-5-7-16-8-6-15/h2-4,9,14H,5-8H2,1H3. The largest absolute Gasteiger partial charge is 0.378 e. The number of fused-ring (bicyclic) bond motifs is 1. The lowest BCUT2D eigenvalue weighted by Crippen LogP contribution is -2.36. The van der Waals surface area contributed by atoms with Crippen LogP contribution in [0.25, 0.3) is 10.9 Å². The molecule has 0 radical (unpaired) electrons. The maximum Gasteiger partial charge on any atom is 0.0693 e. The van der Waals surface area contributed by atoms with Gasteiger partial charge < -0.3 is 14.6 Å². The zero-order chi connectivity index (χ0) is 11.0. The van der Waals surface area contributed by atoms with Crippen LogP contribution in [0.2, 0.25) is 0 Å². The molecule has 1 saturated heterocycles. The second-order valence-electron chi connectivity index (χ2n) is 4.29. The van der Waals surface area contributed by atoms with Crippen molar-refractivity contribution in [2.24, 2.45) is 0 Å². The highest BCUT2D eigenvalue weighted by Gasteiger charge is 2.14. The third-order valence-electron chi connectivity index (χ3n) is 3.12. The van der Waals surface area contributed by atoms with E-state index in [9.17, 15) is 0 Å². The smallest absolute Gasteiger partial charge is 0.0693 e. The Morgan fingerprint density at radius 3 is 2.88 bits per heavy atom. The summed E-state index contributed by atoms with van der Waals surface area (Å²) in [5.74, 6) is 0. The van der Waals surface area contributed by atoms with Gasteiger partial charge in [0.05, 0.1) is 24.4 Å². The van der Waals surface area contributed by atoms with E-state index in [4.69, 9.17) is 4.74 Å². The Labute approximate surface area is 95.0 Å². The van der Waals surface area contributed by atoms with E-state index < -0.39 is 0 Å². The van der Waals surface area contributed by atoms with Gasteiger partial charge in [-0.15, -0.1) is 0 Å². The molecule has 1 aromatic heterocycles. The predicted octanol–water partition coefficient (Wildman–Crippen LogP) is 2.31. The van der Waals surface area contributed by atoms with E-state index in [1.807, 2.05) is 0 Å². The fourth-order valence-electron chi connectivity index (χ4n) is 2.35. The number of benzene rings is 1. The van der Waals surface area contributed by atoms with E-state index in [1.165, 1.54) is 22.3 Å². The Morgan fingerprint density at radius 1 is 1.25 bits per heavy atom. The minimum atomic E-state index is 0.829. The molecule has 84 valence electrons. The predicted molar refractivity (Wildman–Crippen MR) is 66.1 cm³/mol. The summed E-state index contributed by atoms with van der Waals surface area (Å²) in [5.41, 5.74) is 3.77. The van der Waals surface area contributed by atoms with Gasteiger partial charge in [-0.1, -0.05) is 12.1 Å². The topological polar surface area (TPSA) is 28.3 Å². The molecule has 0 spiro atoms. The average Bonchev–Trinajstić information content (AvgIpc) is 2.70. The molecular weight excluding hydrogens is 200 g/mol. The first-order valence-electron chi connectivity index (χ1n) is 5.75. The van der Waals surface area contributed by atoms with Gasteiger partial charge in [-0.05, 0) is 19.1 Å². The van der Waals surface area contributed by atoms with Crippen molar-refractivity contribution in [3.05, 3.63) is 30.0 Å². The number of H-pyrrole nitrogens is 1. The number of morpholine rings is 1. The molecule has 0 unspecified atom stereocenters. The number of aryl methyl sites for hydroxylation is 1. The lowest BCUT2D eigenvalue weighted by atomic mass is 10.2. The second kappa shape index (κ2) is 3.83. The van der Waals surface area contributed by atoms with Crippen LogP contribution in [0, 0.1) is 6.92 Å². The number of ether oxygens (including phenoxy) is 1. The highest BCUT2D eigenvalue weighted by Crippen LogP contribution is 2.27. The van der Waals surface area contributed by atoms with E-state index in [1.54, 1.807) is 0 Å². The molecule has 3 rings (SSSR count). The van der Waals surface area contributed by atoms with Gasteiger partial charge in [-0.2, -0.15) is 0 Å². The zero-order valence-electron chi connectivity index (χ0n) is 9.49. The summed E-state index contributed by atoms with van der Waals surface area (Å²) in [6.45, 7) is 5.73. The molecule has 2 heterocycles. The fraction of sp³-hybridized carbons (Fsp3) is 0.385. The number of nitrogens with one attached hydrogen (secondary N) is 1. The summed E-state index contributed by atoms with van der Waals surface area (Å²) in [4.78, 5) is 5.83. The van der Waals surface area contributed by atoms with Crippen molar-refractivity contribution in [1.29, 1.82) is 0 Å². The van der Waals surface area contributed by atoms with Gasteiger partial charge in [0, 0.05) is 24.2 Å². The number of hydrogen-bond acceptors (Lipinski definition) is 2. The second-order valence-corrected chi connectivity index (χ2v) is 4.29. The number of nitrogens with zero attached hydrogens (tertiary/aromatic N) is 1. The summed E-state index contributed by atoms with van der Waals surface area (Å²) in [6.07, 6.45) is 0. The van der Waals surface area contributed by atoms with E-state index >= 15 is 0 Å². The van der Waals surface area contributed by atoms with Crippen LogP contribution in [0.4, 0.5) is 5.69 Å². The molecule has 1 fully saturated rings. The van der Waals surface area contributed by atoms with Crippen molar-refractivity contribution in [3.8, 4) is 0 Å². The monoisotopic (exact) mass is 216 g/mol. The van der Waals surface area contributed by atoms with Crippen LogP contribution in [0.5, 0.6) is 0 Å². The molecule has 0 aliphatic carbocycles. The lowest BCUT2D eigenvalue weighted by molar-refractivity contribution is 0.123. The van der Waals surface area contributed by atoms with Crippen LogP contribution < -0.4 is 4.90 Å². The fourth-order valence-corrected chi connectivity index (χ4v) is 2.35. The minimum Gasteiger partial charge on any atom is -0.378 e. The summed E-state index contributed by atoms with van der Waals surface area (Å²) >= 11 is 0. The molecule has 1 aliphatic rings. The van der Waals surface area contributed by atoms with Crippen LogP contribution >= 0.6 is 0 Å². The Kier molecular flexibility index (Phi) is 2.33. The zero-order valence-corrected chi connectivity index (χ0v) is 9.49. The van der Waals surface area contributed by atoms with E-state index in [2.05, 4.69) is 41.1 Å². The molecule has 1 aliphatic heterocycles. The Hall–Kier alpha value is -1.48.